The van der Waals surface area contributed by atoms with Gasteiger partial charge in [-0.2, -0.15) is 0 Å². The lowest BCUT2D eigenvalue weighted by molar-refractivity contribution is 0.324. The van der Waals surface area contributed by atoms with Crippen LogP contribution in [0.1, 0.15) is 23.1 Å². The highest BCUT2D eigenvalue weighted by Crippen LogP contribution is 2.45. The first-order valence-corrected chi connectivity index (χ1v) is 11.5. The zero-order chi connectivity index (χ0) is 24.5. The van der Waals surface area contributed by atoms with Gasteiger partial charge in [0.25, 0.3) is 0 Å². The molecule has 0 spiro atoms. The van der Waals surface area contributed by atoms with E-state index in [4.69, 9.17) is 29.2 Å². The van der Waals surface area contributed by atoms with Crippen LogP contribution in [-0.4, -0.2) is 38.2 Å². The number of aromatic nitrogens is 2. The summed E-state index contributed by atoms with van der Waals surface area (Å²) < 4.78 is 30.2. The van der Waals surface area contributed by atoms with Gasteiger partial charge in [-0.3, -0.25) is 0 Å². The van der Waals surface area contributed by atoms with Crippen molar-refractivity contribution in [2.45, 2.75) is 25.8 Å². The Bertz CT molecular complexity index is 1350. The first kappa shape index (κ1) is 22.7. The van der Waals surface area contributed by atoms with Gasteiger partial charge in [0, 0.05) is 29.4 Å². The van der Waals surface area contributed by atoms with Gasteiger partial charge in [0.1, 0.15) is 5.75 Å². The number of rotatable bonds is 7. The van der Waals surface area contributed by atoms with Gasteiger partial charge < -0.3 is 33.8 Å². The summed E-state index contributed by atoms with van der Waals surface area (Å²) in [6.45, 7) is 0.608. The van der Waals surface area contributed by atoms with Crippen LogP contribution >= 0.6 is 0 Å². The molecule has 5 rings (SSSR count). The maximum Gasteiger partial charge on any atom is 0.203 e. The van der Waals surface area contributed by atoms with Gasteiger partial charge in [-0.25, -0.2) is 0 Å². The van der Waals surface area contributed by atoms with Crippen molar-refractivity contribution in [2.75, 3.05) is 34.2 Å². The fourth-order valence-corrected chi connectivity index (χ4v) is 4.93. The number of nitrogens with two attached hydrogens (primary N) is 1. The summed E-state index contributed by atoms with van der Waals surface area (Å²) in [4.78, 5) is 0. The van der Waals surface area contributed by atoms with Crippen LogP contribution < -0.4 is 24.7 Å². The average molecular weight is 476 g/mol. The van der Waals surface area contributed by atoms with Crippen molar-refractivity contribution in [1.82, 2.24) is 9.72 Å². The smallest absolute Gasteiger partial charge is 0.203 e. The number of hydrogen-bond donors (Lipinski definition) is 1. The number of hydrogen-bond acceptors (Lipinski definition) is 7. The van der Waals surface area contributed by atoms with Crippen LogP contribution in [0.3, 0.4) is 0 Å². The molecule has 2 N–H and O–H groups in total. The molecule has 0 atom stereocenters. The summed E-state index contributed by atoms with van der Waals surface area (Å²) >= 11 is 0. The summed E-state index contributed by atoms with van der Waals surface area (Å²) in [6.07, 6.45) is 6.80. The van der Waals surface area contributed by atoms with Crippen LogP contribution in [0, 0.1) is 0 Å². The number of anilines is 1. The second-order valence-corrected chi connectivity index (χ2v) is 8.52. The predicted molar refractivity (Wildman–Crippen MR) is 134 cm³/mol. The first-order valence-electron chi connectivity index (χ1n) is 11.5. The second-order valence-electron chi connectivity index (χ2n) is 8.52. The highest BCUT2D eigenvalue weighted by atomic mass is 16.5. The van der Waals surface area contributed by atoms with Crippen LogP contribution in [0.5, 0.6) is 23.0 Å². The molecule has 182 valence electrons. The summed E-state index contributed by atoms with van der Waals surface area (Å²) in [5, 5.41) is 4.08. The fourth-order valence-electron chi connectivity index (χ4n) is 4.93. The lowest BCUT2D eigenvalue weighted by atomic mass is 10.00. The van der Waals surface area contributed by atoms with Gasteiger partial charge in [-0.1, -0.05) is 11.2 Å². The molecule has 4 aromatic rings. The summed E-state index contributed by atoms with van der Waals surface area (Å²) in [5.74, 6) is 3.26. The fraction of sp³-hybridized carbons (Fsp3) is 0.296. The van der Waals surface area contributed by atoms with Crippen LogP contribution in [0.2, 0.25) is 0 Å². The first-order chi connectivity index (χ1) is 17.1. The van der Waals surface area contributed by atoms with Crippen LogP contribution in [-0.2, 0) is 19.4 Å². The lowest BCUT2D eigenvalue weighted by Gasteiger charge is -2.17. The third kappa shape index (κ3) is 3.95. The third-order valence-electron chi connectivity index (χ3n) is 6.53. The molecule has 2 aromatic carbocycles. The Morgan fingerprint density at radius 2 is 1.69 bits per heavy atom. The molecule has 0 saturated carbocycles. The van der Waals surface area contributed by atoms with Crippen molar-refractivity contribution in [3.05, 3.63) is 59.4 Å². The van der Waals surface area contributed by atoms with Crippen molar-refractivity contribution in [3.8, 4) is 45.6 Å². The minimum atomic E-state index is 0.559. The molecule has 2 aromatic heterocycles. The normalized spacial score (nSPS) is 12.5. The van der Waals surface area contributed by atoms with E-state index < -0.39 is 0 Å². The van der Waals surface area contributed by atoms with Crippen LogP contribution in [0.4, 0.5) is 5.69 Å². The molecule has 0 amide bonds. The molecular formula is C27H29N3O5. The van der Waals surface area contributed by atoms with E-state index in [0.717, 1.165) is 53.0 Å². The number of aryl methyl sites for hydroxylation is 1. The number of ether oxygens (including phenoxy) is 4. The molecule has 1 aliphatic rings. The Balaban J connectivity index is 1.72. The van der Waals surface area contributed by atoms with E-state index in [-0.39, 0.29) is 0 Å². The molecule has 0 saturated heterocycles. The van der Waals surface area contributed by atoms with Gasteiger partial charge in [0.2, 0.25) is 5.75 Å². The Kier molecular flexibility index (Phi) is 6.03. The lowest BCUT2D eigenvalue weighted by Crippen LogP contribution is -2.04. The van der Waals surface area contributed by atoms with E-state index in [1.807, 2.05) is 36.5 Å². The Morgan fingerprint density at radius 1 is 0.943 bits per heavy atom. The van der Waals surface area contributed by atoms with E-state index in [1.54, 1.807) is 28.4 Å². The standard InChI is InChI=1S/C27H29N3O5/c1-31-22-9-8-16(10-21(22)28)14-30-15-20-19(7-5-6-17-13-29-35-26(17)20)25(30)18-11-23(32-2)27(34-4)24(12-18)33-3/h8-13,15H,5-7,14,28H2,1-4H3. The number of nitrogen functional groups attached to an aromatic ring is 1. The quantitative estimate of drug-likeness (QED) is 0.377. The molecule has 8 nitrogen and oxygen atoms in total. The molecule has 1 aliphatic carbocycles. The monoisotopic (exact) mass is 475 g/mol. The highest BCUT2D eigenvalue weighted by molar-refractivity contribution is 5.80. The SMILES string of the molecule is COc1ccc(Cn2cc3c(c2-c2cc(OC)c(OC)c(OC)c2)CCCc2cnoc2-3)cc1N. The molecule has 35 heavy (non-hydrogen) atoms. The molecule has 0 radical (unpaired) electrons. The minimum absolute atomic E-state index is 0.559. The summed E-state index contributed by atoms with van der Waals surface area (Å²) in [7, 11) is 6.48. The number of methoxy groups -OCH3 is 4. The van der Waals surface area contributed by atoms with Crippen molar-refractivity contribution in [1.29, 1.82) is 0 Å². The summed E-state index contributed by atoms with van der Waals surface area (Å²) in [6, 6.07) is 9.85. The molecule has 2 heterocycles. The highest BCUT2D eigenvalue weighted by Gasteiger charge is 2.27. The van der Waals surface area contributed by atoms with E-state index in [1.165, 1.54) is 5.56 Å². The van der Waals surface area contributed by atoms with Gasteiger partial charge in [0.15, 0.2) is 17.3 Å². The Morgan fingerprint density at radius 3 is 2.34 bits per heavy atom. The maximum absolute atomic E-state index is 6.21. The number of fused-ring (bicyclic) bond motifs is 3. The Hall–Kier alpha value is -4.07. The van der Waals surface area contributed by atoms with Crippen molar-refractivity contribution in [2.24, 2.45) is 0 Å². The van der Waals surface area contributed by atoms with Gasteiger partial charge in [0.05, 0.1) is 46.0 Å². The van der Waals surface area contributed by atoms with E-state index >= 15 is 0 Å². The second kappa shape index (κ2) is 9.29. The van der Waals surface area contributed by atoms with Crippen molar-refractivity contribution >= 4 is 5.69 Å². The van der Waals surface area contributed by atoms with Crippen LogP contribution in [0.25, 0.3) is 22.6 Å². The predicted octanol–water partition coefficient (Wildman–Crippen LogP) is 4.96. The van der Waals surface area contributed by atoms with E-state index in [9.17, 15) is 0 Å². The van der Waals surface area contributed by atoms with E-state index in [0.29, 0.717) is 35.2 Å². The van der Waals surface area contributed by atoms with Crippen molar-refractivity contribution < 1.29 is 23.5 Å². The van der Waals surface area contributed by atoms with Gasteiger partial charge >= 0.3 is 0 Å². The van der Waals surface area contributed by atoms with Crippen molar-refractivity contribution in [3.63, 3.8) is 0 Å². The number of benzene rings is 2. The Labute approximate surface area is 204 Å². The van der Waals surface area contributed by atoms with Gasteiger partial charge in [-0.05, 0) is 54.7 Å². The summed E-state index contributed by atoms with van der Waals surface area (Å²) in [5.41, 5.74) is 13.3. The largest absolute Gasteiger partial charge is 0.495 e. The molecule has 0 bridgehead atoms. The number of nitrogens with zero attached hydrogens (tertiary/aromatic N) is 2. The minimum Gasteiger partial charge on any atom is -0.495 e. The topological polar surface area (TPSA) is 93.9 Å². The molecule has 0 unspecified atom stereocenters. The van der Waals surface area contributed by atoms with E-state index in [2.05, 4.69) is 15.9 Å². The van der Waals surface area contributed by atoms with Crippen LogP contribution in [0.15, 0.2) is 47.2 Å². The molecule has 8 heteroatoms. The molecular weight excluding hydrogens is 446 g/mol. The average Bonchev–Trinajstić information content (AvgIpc) is 3.43. The maximum atomic E-state index is 6.21. The molecule has 0 fully saturated rings. The molecule has 0 aliphatic heterocycles. The van der Waals surface area contributed by atoms with Gasteiger partial charge in [-0.15, -0.1) is 0 Å². The third-order valence-corrected chi connectivity index (χ3v) is 6.53. The zero-order valence-corrected chi connectivity index (χ0v) is 20.4. The zero-order valence-electron chi connectivity index (χ0n) is 20.4.